The first-order valence-corrected chi connectivity index (χ1v) is 10.6. The van der Waals surface area contributed by atoms with E-state index in [1.807, 2.05) is 12.1 Å². The maximum atomic E-state index is 6.53. The number of ether oxygens (including phenoxy) is 4. The molecular weight excluding hydrogens is 352 g/mol. The SMILES string of the molecule is COc1ccc(CO[C@H]2[C@@H]3OCCC/C=C\C[C@H]3C[C@H]3CC=CCO[C@@H]32)cc1. The fraction of sp³-hybridized carbons (Fsp3) is 0.583. The molecule has 0 saturated heterocycles. The zero-order valence-corrected chi connectivity index (χ0v) is 16.8. The van der Waals surface area contributed by atoms with Crippen molar-refractivity contribution in [2.45, 2.75) is 57.0 Å². The molecule has 1 aromatic rings. The van der Waals surface area contributed by atoms with Gasteiger partial charge < -0.3 is 18.9 Å². The molecule has 3 aliphatic rings. The molecule has 0 spiro atoms. The van der Waals surface area contributed by atoms with Crippen LogP contribution in [0.15, 0.2) is 48.6 Å². The fourth-order valence-corrected chi connectivity index (χ4v) is 4.72. The Hall–Kier alpha value is -1.62. The second kappa shape index (κ2) is 9.73. The van der Waals surface area contributed by atoms with Gasteiger partial charge in [-0.15, -0.1) is 0 Å². The normalized spacial score (nSPS) is 34.1. The van der Waals surface area contributed by atoms with Crippen molar-refractivity contribution in [2.24, 2.45) is 11.8 Å². The van der Waals surface area contributed by atoms with Gasteiger partial charge in [0.2, 0.25) is 0 Å². The van der Waals surface area contributed by atoms with E-state index < -0.39 is 0 Å². The summed E-state index contributed by atoms with van der Waals surface area (Å²) in [6.07, 6.45) is 14.7. The Kier molecular flexibility index (Phi) is 6.84. The van der Waals surface area contributed by atoms with Crippen LogP contribution in [-0.2, 0) is 20.8 Å². The van der Waals surface area contributed by atoms with E-state index >= 15 is 0 Å². The number of allylic oxidation sites excluding steroid dienone is 3. The summed E-state index contributed by atoms with van der Waals surface area (Å²) in [5.41, 5.74) is 1.15. The van der Waals surface area contributed by atoms with Gasteiger partial charge in [0.25, 0.3) is 0 Å². The Morgan fingerprint density at radius 2 is 1.68 bits per heavy atom. The van der Waals surface area contributed by atoms with Crippen molar-refractivity contribution in [3.8, 4) is 5.75 Å². The lowest BCUT2D eigenvalue weighted by molar-refractivity contribution is -0.194. The monoisotopic (exact) mass is 384 g/mol. The van der Waals surface area contributed by atoms with Crippen molar-refractivity contribution in [2.75, 3.05) is 20.3 Å². The third-order valence-corrected chi connectivity index (χ3v) is 6.21. The summed E-state index contributed by atoms with van der Waals surface area (Å²) in [4.78, 5) is 0. The van der Waals surface area contributed by atoms with E-state index in [0.717, 1.165) is 50.0 Å². The van der Waals surface area contributed by atoms with Gasteiger partial charge in [0.15, 0.2) is 0 Å². The molecule has 2 heterocycles. The summed E-state index contributed by atoms with van der Waals surface area (Å²) in [6, 6.07) is 8.11. The predicted molar refractivity (Wildman–Crippen MR) is 109 cm³/mol. The van der Waals surface area contributed by atoms with Crippen LogP contribution >= 0.6 is 0 Å². The highest BCUT2D eigenvalue weighted by Gasteiger charge is 2.46. The van der Waals surface area contributed by atoms with Crippen LogP contribution in [0.25, 0.3) is 0 Å². The molecule has 152 valence electrons. The number of benzene rings is 1. The topological polar surface area (TPSA) is 36.9 Å². The zero-order valence-electron chi connectivity index (χ0n) is 16.8. The number of hydrogen-bond donors (Lipinski definition) is 0. The molecule has 2 aliphatic heterocycles. The summed E-state index contributed by atoms with van der Waals surface area (Å²) in [7, 11) is 1.69. The van der Waals surface area contributed by atoms with Crippen molar-refractivity contribution in [1.82, 2.24) is 0 Å². The van der Waals surface area contributed by atoms with Gasteiger partial charge in [-0.05, 0) is 61.6 Å². The van der Waals surface area contributed by atoms with E-state index in [1.54, 1.807) is 7.11 Å². The first-order chi connectivity index (χ1) is 13.8. The van der Waals surface area contributed by atoms with E-state index in [4.69, 9.17) is 18.9 Å². The minimum Gasteiger partial charge on any atom is -0.497 e. The first kappa shape index (κ1) is 19.7. The van der Waals surface area contributed by atoms with Crippen LogP contribution in [0.4, 0.5) is 0 Å². The number of hydrogen-bond acceptors (Lipinski definition) is 4. The Labute approximate surface area is 168 Å². The third-order valence-electron chi connectivity index (χ3n) is 6.21. The zero-order chi connectivity index (χ0) is 19.2. The van der Waals surface area contributed by atoms with Crippen molar-refractivity contribution >= 4 is 0 Å². The smallest absolute Gasteiger partial charge is 0.118 e. The van der Waals surface area contributed by atoms with E-state index in [-0.39, 0.29) is 18.3 Å². The van der Waals surface area contributed by atoms with Gasteiger partial charge in [-0.2, -0.15) is 0 Å². The molecule has 4 heteroatoms. The predicted octanol–water partition coefficient (Wildman–Crippen LogP) is 4.69. The highest BCUT2D eigenvalue weighted by molar-refractivity contribution is 5.26. The molecule has 0 bridgehead atoms. The van der Waals surface area contributed by atoms with Crippen LogP contribution in [0.2, 0.25) is 0 Å². The lowest BCUT2D eigenvalue weighted by Crippen LogP contribution is -2.54. The van der Waals surface area contributed by atoms with E-state index in [9.17, 15) is 0 Å². The molecule has 1 saturated carbocycles. The molecule has 0 N–H and O–H groups in total. The average molecular weight is 385 g/mol. The van der Waals surface area contributed by atoms with Crippen LogP contribution in [0.5, 0.6) is 5.75 Å². The molecule has 28 heavy (non-hydrogen) atoms. The minimum atomic E-state index is -0.0303. The Bertz CT molecular complexity index is 666. The van der Waals surface area contributed by atoms with Crippen molar-refractivity contribution in [3.05, 3.63) is 54.1 Å². The molecular formula is C24H32O4. The average Bonchev–Trinajstić information content (AvgIpc) is 2.89. The van der Waals surface area contributed by atoms with Crippen LogP contribution in [0.3, 0.4) is 0 Å². The third kappa shape index (κ3) is 4.68. The van der Waals surface area contributed by atoms with E-state index in [1.165, 1.54) is 0 Å². The number of fused-ring (bicyclic) bond motifs is 2. The lowest BCUT2D eigenvalue weighted by atomic mass is 9.73. The summed E-state index contributed by atoms with van der Waals surface area (Å²) in [5, 5.41) is 0. The van der Waals surface area contributed by atoms with Crippen LogP contribution in [0, 0.1) is 11.8 Å². The fourth-order valence-electron chi connectivity index (χ4n) is 4.72. The summed E-state index contributed by atoms with van der Waals surface area (Å²) in [6.45, 7) is 2.03. The molecule has 5 atom stereocenters. The Balaban J connectivity index is 1.52. The number of rotatable bonds is 4. The van der Waals surface area contributed by atoms with Gasteiger partial charge in [0.1, 0.15) is 11.9 Å². The largest absolute Gasteiger partial charge is 0.497 e. The highest BCUT2D eigenvalue weighted by atomic mass is 16.6. The quantitative estimate of drug-likeness (QED) is 0.706. The molecule has 0 aromatic heterocycles. The highest BCUT2D eigenvalue weighted by Crippen LogP contribution is 2.40. The maximum Gasteiger partial charge on any atom is 0.118 e. The van der Waals surface area contributed by atoms with Gasteiger partial charge in [0.05, 0.1) is 32.5 Å². The molecule has 0 unspecified atom stereocenters. The molecule has 4 rings (SSSR count). The van der Waals surface area contributed by atoms with Crippen molar-refractivity contribution in [1.29, 1.82) is 0 Å². The second-order valence-corrected chi connectivity index (χ2v) is 8.07. The minimum absolute atomic E-state index is 0.0303. The molecule has 1 fully saturated rings. The maximum absolute atomic E-state index is 6.53. The van der Waals surface area contributed by atoms with Gasteiger partial charge in [-0.3, -0.25) is 0 Å². The van der Waals surface area contributed by atoms with Crippen molar-refractivity contribution in [3.63, 3.8) is 0 Å². The Morgan fingerprint density at radius 3 is 2.46 bits per heavy atom. The van der Waals surface area contributed by atoms with Gasteiger partial charge in [-0.25, -0.2) is 0 Å². The van der Waals surface area contributed by atoms with Gasteiger partial charge in [0, 0.05) is 6.61 Å². The van der Waals surface area contributed by atoms with E-state index in [2.05, 4.69) is 36.4 Å². The summed E-state index contributed by atoms with van der Waals surface area (Å²) in [5.74, 6) is 1.86. The second-order valence-electron chi connectivity index (χ2n) is 8.07. The molecule has 1 aromatic carbocycles. The van der Waals surface area contributed by atoms with Crippen molar-refractivity contribution < 1.29 is 18.9 Å². The van der Waals surface area contributed by atoms with Crippen LogP contribution < -0.4 is 4.74 Å². The van der Waals surface area contributed by atoms with Crippen LogP contribution in [0.1, 0.15) is 37.7 Å². The number of methoxy groups -OCH3 is 1. The molecule has 0 radical (unpaired) electrons. The van der Waals surface area contributed by atoms with Crippen LogP contribution in [-0.4, -0.2) is 38.6 Å². The Morgan fingerprint density at radius 1 is 0.929 bits per heavy atom. The van der Waals surface area contributed by atoms with Gasteiger partial charge >= 0.3 is 0 Å². The van der Waals surface area contributed by atoms with E-state index in [0.29, 0.717) is 25.0 Å². The summed E-state index contributed by atoms with van der Waals surface area (Å²) >= 11 is 0. The lowest BCUT2D eigenvalue weighted by Gasteiger charge is -2.45. The van der Waals surface area contributed by atoms with Gasteiger partial charge in [-0.1, -0.05) is 36.4 Å². The summed E-state index contributed by atoms with van der Waals surface area (Å²) < 4.78 is 24.5. The molecule has 1 aliphatic carbocycles. The molecule has 0 amide bonds. The standard InChI is InChI=1S/C24H32O4/c1-25-21-12-10-18(11-13-21)17-28-24-22-19(8-4-2-3-6-14-26-22)16-20-9-5-7-15-27-23(20)24/h2,4-5,7,10-13,19-20,22-24H,3,6,8-9,14-17H2,1H3/b4-2-/t19-,20+,22+,23-,24-/m0/s1. The first-order valence-electron chi connectivity index (χ1n) is 10.6. The molecule has 4 nitrogen and oxygen atoms in total.